The Labute approximate surface area is 210 Å². The first-order valence-electron chi connectivity index (χ1n) is 10.3. The molecule has 0 aromatic rings. The van der Waals surface area contributed by atoms with Gasteiger partial charge >= 0.3 is 215 Å². The SMILES string of the molecule is O=C(OC1CCC(C2CC[CH]([Rb])CC2)CC1)C1CC[CH]([RaH])CC1. The topological polar surface area (TPSA) is 26.3 Å². The van der Waals surface area contributed by atoms with Crippen molar-refractivity contribution in [3.63, 3.8) is 0 Å². The predicted molar refractivity (Wildman–Crippen MR) is 90.4 cm³/mol. The number of hydrogen-bond acceptors (Lipinski definition) is 2. The van der Waals surface area contributed by atoms with E-state index in [0.717, 1.165) is 93.0 Å². The van der Waals surface area contributed by atoms with Gasteiger partial charge in [0, 0.05) is 0 Å². The third kappa shape index (κ3) is 6.39. The van der Waals surface area contributed by atoms with Crippen molar-refractivity contribution in [3.8, 4) is 0 Å². The van der Waals surface area contributed by atoms with Gasteiger partial charge in [0.25, 0.3) is 0 Å². The van der Waals surface area contributed by atoms with Crippen LogP contribution in [0.1, 0.15) is 77.0 Å². The van der Waals surface area contributed by atoms with E-state index in [1.165, 1.54) is 51.4 Å². The Kier molecular flexibility index (Phi) is 9.20. The van der Waals surface area contributed by atoms with E-state index < -0.39 is 0 Å². The summed E-state index contributed by atoms with van der Waals surface area (Å²) in [5.41, 5.74) is 0. The van der Waals surface area contributed by atoms with Gasteiger partial charge in [-0.2, -0.15) is 0 Å². The molecule has 122 valence electrons. The van der Waals surface area contributed by atoms with Gasteiger partial charge in [-0.1, -0.05) is 0 Å². The quantitative estimate of drug-likeness (QED) is 0.445. The second kappa shape index (κ2) is 10.3. The summed E-state index contributed by atoms with van der Waals surface area (Å²) < 4.78 is 8.10. The fourth-order valence-electron chi connectivity index (χ4n) is 5.19. The van der Waals surface area contributed by atoms with Crippen molar-refractivity contribution in [2.75, 3.05) is 0 Å². The van der Waals surface area contributed by atoms with Gasteiger partial charge in [-0.05, 0) is 0 Å². The minimum absolute atomic E-state index is 0.150. The second-order valence-corrected chi connectivity index (χ2v) is 19.7. The van der Waals surface area contributed by atoms with Gasteiger partial charge < -0.3 is 0 Å². The van der Waals surface area contributed by atoms with Gasteiger partial charge in [-0.15, -0.1) is 0 Å². The van der Waals surface area contributed by atoms with E-state index in [0.29, 0.717) is 42.8 Å². The van der Waals surface area contributed by atoms with Crippen molar-refractivity contribution in [2.45, 2.75) is 83.1 Å². The Hall–Kier alpha value is 2.74. The zero-order chi connectivity index (χ0) is 16.2. The Bertz CT molecular complexity index is 379. The van der Waals surface area contributed by atoms with Crippen molar-refractivity contribution in [1.29, 1.82) is 0 Å². The van der Waals surface area contributed by atoms with Crippen LogP contribution in [0.4, 0.5) is 0 Å². The second-order valence-electron chi connectivity index (χ2n) is 8.95. The van der Waals surface area contributed by atoms with Crippen LogP contribution >= 0.6 is 0 Å². The average Bonchev–Trinajstić information content (AvgIpc) is 2.57. The van der Waals surface area contributed by atoms with E-state index in [2.05, 4.69) is 0 Å². The maximum atomic E-state index is 12.4. The number of carbonyl (C=O) groups is 1. The Balaban J connectivity index is 1.38. The van der Waals surface area contributed by atoms with Gasteiger partial charge in [-0.3, -0.25) is 0 Å². The van der Waals surface area contributed by atoms with E-state index in [4.69, 9.17) is 4.74 Å². The summed E-state index contributed by atoms with van der Waals surface area (Å²) >= 11 is 1.52. The molecular weight excluding hydrogens is 572 g/mol. The van der Waals surface area contributed by atoms with Crippen molar-refractivity contribution < 1.29 is 52.3 Å². The van der Waals surface area contributed by atoms with Crippen LogP contribution in [0.5, 0.6) is 0 Å². The molecule has 0 bridgehead atoms. The third-order valence-corrected chi connectivity index (χ3v) is 14.7. The molecule has 2 nitrogen and oxygen atoms in total. The van der Waals surface area contributed by atoms with Crippen molar-refractivity contribution >= 4 is 61.5 Å². The van der Waals surface area contributed by atoms with E-state index in [1.54, 1.807) is 0 Å². The Morgan fingerprint density at radius 3 is 1.87 bits per heavy atom. The van der Waals surface area contributed by atoms with Crippen LogP contribution in [0, 0.1) is 60.5 Å². The summed E-state index contributed by atoms with van der Waals surface area (Å²) in [6, 6.07) is 0. The molecule has 0 amide bonds. The molecule has 3 aliphatic carbocycles. The summed E-state index contributed by atoms with van der Waals surface area (Å²) in [6.45, 7) is 0. The molecule has 0 heterocycles. The summed E-state index contributed by atoms with van der Waals surface area (Å²) in [5.74, 6) is 2.33. The first kappa shape index (κ1) is 20.5. The maximum absolute atomic E-state index is 12.4. The summed E-state index contributed by atoms with van der Waals surface area (Å²) in [4.78, 5) is 12.4. The summed E-state index contributed by atoms with van der Waals surface area (Å²) in [7, 11) is 0. The van der Waals surface area contributed by atoms with Gasteiger partial charge in [0.1, 0.15) is 0 Å². The summed E-state index contributed by atoms with van der Waals surface area (Å²) in [5, 5.41) is 0. The van der Waals surface area contributed by atoms with Crippen LogP contribution in [-0.4, -0.2) is 67.6 Å². The van der Waals surface area contributed by atoms with E-state index >= 15 is 0 Å². The van der Waals surface area contributed by atoms with Gasteiger partial charge in [0.05, 0.1) is 0 Å². The van der Waals surface area contributed by atoms with Crippen LogP contribution in [0.15, 0.2) is 0 Å². The molecule has 3 rings (SSSR count). The molecule has 4 heteroatoms. The fraction of sp³-hybridized carbons (Fsp3) is 0.947. The molecule has 3 saturated carbocycles. The van der Waals surface area contributed by atoms with Crippen LogP contribution in [-0.2, 0) is 9.53 Å². The predicted octanol–water partition coefficient (Wildman–Crippen LogP) is 4.50. The van der Waals surface area contributed by atoms with E-state index in [9.17, 15) is 4.79 Å². The number of ether oxygens (including phenoxy) is 1. The molecule has 0 radical (unpaired) electrons. The summed E-state index contributed by atoms with van der Waals surface area (Å²) in [6.07, 6.45) is 16.1. The Morgan fingerprint density at radius 2 is 1.30 bits per heavy atom. The van der Waals surface area contributed by atoms with Gasteiger partial charge in [0.2, 0.25) is 0 Å². The molecule has 0 aliphatic heterocycles. The van der Waals surface area contributed by atoms with Crippen molar-refractivity contribution in [2.24, 2.45) is 17.8 Å². The van der Waals surface area contributed by atoms with Gasteiger partial charge in [0.15, 0.2) is 0 Å². The van der Waals surface area contributed by atoms with E-state index in [1.807, 2.05) is 0 Å². The van der Waals surface area contributed by atoms with Crippen LogP contribution < -0.4 is 0 Å². The zero-order valence-corrected chi connectivity index (χ0v) is 28.4. The van der Waals surface area contributed by atoms with Crippen LogP contribution in [0.25, 0.3) is 0 Å². The molecule has 3 aliphatic rings. The van der Waals surface area contributed by atoms with Crippen molar-refractivity contribution in [1.82, 2.24) is 0 Å². The standard InChI is InChI=1S/C19H30O2.Ra.Rb.H/c20-19(17-9-5-2-6-10-17)21-18-13-11-16(12-14-18)15-7-3-1-4-8-15;;;/h1-2,15-18H,3-14H2;;;. The number of carbonyl (C=O) groups excluding carboxylic acids is 1. The minimum atomic E-state index is 0.150. The van der Waals surface area contributed by atoms with E-state index in [-0.39, 0.29) is 18.0 Å². The molecule has 0 aromatic carbocycles. The third-order valence-electron chi connectivity index (χ3n) is 7.08. The molecule has 0 unspecified atom stereocenters. The van der Waals surface area contributed by atoms with Crippen LogP contribution in [0.2, 0.25) is -0.0546 Å². The molecule has 23 heavy (non-hydrogen) atoms. The molecular formula is C19H31O2RaRb. The fourth-order valence-corrected chi connectivity index (χ4v) is 9.57. The number of hydrogen-bond donors (Lipinski definition) is 0. The molecule has 0 N–H and O–H groups in total. The number of esters is 1. The normalized spacial score (nSPS) is 42.1. The monoisotopic (exact) mass is 602 g/mol. The van der Waals surface area contributed by atoms with Crippen LogP contribution in [0.3, 0.4) is 0 Å². The Morgan fingerprint density at radius 1 is 0.783 bits per heavy atom. The van der Waals surface area contributed by atoms with Crippen molar-refractivity contribution in [3.05, 3.63) is 0 Å². The molecule has 0 spiro atoms. The molecule has 0 aromatic heterocycles. The number of rotatable bonds is 3. The zero-order valence-electron chi connectivity index (χ0n) is 15.3. The first-order valence-corrected chi connectivity index (χ1v) is 17.9. The molecule has 3 fully saturated rings. The first-order chi connectivity index (χ1) is 11.1. The van der Waals surface area contributed by atoms with Gasteiger partial charge in [-0.25, -0.2) is 0 Å². The average molecular weight is 603 g/mol. The molecule has 0 saturated heterocycles. The molecule has 0 atom stereocenters.